The number of aromatic nitrogens is 1. The predicted molar refractivity (Wildman–Crippen MR) is 64.7 cm³/mol. The van der Waals surface area contributed by atoms with E-state index in [1.54, 1.807) is 6.07 Å². The summed E-state index contributed by atoms with van der Waals surface area (Å²) >= 11 is 0. The van der Waals surface area contributed by atoms with Crippen LogP contribution in [0.2, 0.25) is 0 Å². The number of nitrogens with zero attached hydrogens (tertiary/aromatic N) is 1. The molecule has 19 heavy (non-hydrogen) atoms. The van der Waals surface area contributed by atoms with E-state index in [2.05, 4.69) is 10.5 Å². The van der Waals surface area contributed by atoms with Gasteiger partial charge in [0.05, 0.1) is 0 Å². The Labute approximate surface area is 110 Å². The molecule has 0 aliphatic heterocycles. The highest BCUT2D eigenvalue weighted by atomic mass is 16.5. The van der Waals surface area contributed by atoms with Gasteiger partial charge >= 0.3 is 5.97 Å². The Morgan fingerprint density at radius 3 is 2.74 bits per heavy atom. The maximum absolute atomic E-state index is 11.9. The van der Waals surface area contributed by atoms with Crippen LogP contribution in [0.5, 0.6) is 0 Å². The summed E-state index contributed by atoms with van der Waals surface area (Å²) in [6, 6.07) is 0.782. The van der Waals surface area contributed by atoms with Crippen molar-refractivity contribution in [2.75, 3.05) is 0 Å². The maximum atomic E-state index is 11.9. The highest BCUT2D eigenvalue weighted by Crippen LogP contribution is 2.40. The Bertz CT molecular complexity index is 502. The Hall–Kier alpha value is -1.85. The van der Waals surface area contributed by atoms with Crippen molar-refractivity contribution in [2.45, 2.75) is 44.1 Å². The maximum Gasteiger partial charge on any atom is 0.326 e. The molecule has 1 amide bonds. The van der Waals surface area contributed by atoms with Crippen molar-refractivity contribution >= 4 is 11.9 Å². The fraction of sp³-hybridized carbons (Fsp3) is 0.615. The third-order valence-electron chi connectivity index (χ3n) is 3.61. The number of amides is 1. The quantitative estimate of drug-likeness (QED) is 0.813. The van der Waals surface area contributed by atoms with Gasteiger partial charge < -0.3 is 14.9 Å². The summed E-state index contributed by atoms with van der Waals surface area (Å²) in [6.07, 6.45) is 4.73. The lowest BCUT2D eigenvalue weighted by atomic mass is 10.1. The lowest BCUT2D eigenvalue weighted by molar-refractivity contribution is -0.139. The third kappa shape index (κ3) is 2.94. The first kappa shape index (κ1) is 12.2. The van der Waals surface area contributed by atoms with Crippen molar-refractivity contribution in [2.24, 2.45) is 5.92 Å². The van der Waals surface area contributed by atoms with Gasteiger partial charge in [-0.1, -0.05) is 18.0 Å². The molecule has 2 aliphatic carbocycles. The molecule has 3 rings (SSSR count). The summed E-state index contributed by atoms with van der Waals surface area (Å²) in [6.45, 7) is 0. The number of carbonyl (C=O) groups is 2. The summed E-state index contributed by atoms with van der Waals surface area (Å²) < 4.78 is 5.09. The zero-order chi connectivity index (χ0) is 13.4. The molecule has 2 aliphatic rings. The van der Waals surface area contributed by atoms with Crippen LogP contribution in [0.3, 0.4) is 0 Å². The zero-order valence-electron chi connectivity index (χ0n) is 10.5. The standard InChI is InChI=1S/C13H16N2O4/c16-12(9-6-11(19-15-9)8-3-4-8)14-10(13(17)18)5-7-1-2-7/h6-8,10H,1-5H2,(H,14,16)(H,17,18). The Morgan fingerprint density at radius 2 is 2.16 bits per heavy atom. The Morgan fingerprint density at radius 1 is 1.42 bits per heavy atom. The highest BCUT2D eigenvalue weighted by Gasteiger charge is 2.32. The normalized spacial score (nSPS) is 20.0. The SMILES string of the molecule is O=C(NC(CC1CC1)C(=O)O)c1cc(C2CC2)on1. The molecule has 2 N–H and O–H groups in total. The minimum Gasteiger partial charge on any atom is -0.480 e. The summed E-state index contributed by atoms with van der Waals surface area (Å²) in [5, 5.41) is 15.3. The van der Waals surface area contributed by atoms with Gasteiger partial charge in [-0.3, -0.25) is 4.79 Å². The Balaban J connectivity index is 1.62. The van der Waals surface area contributed by atoms with Gasteiger partial charge in [0.1, 0.15) is 11.8 Å². The van der Waals surface area contributed by atoms with Crippen LogP contribution >= 0.6 is 0 Å². The van der Waals surface area contributed by atoms with E-state index in [4.69, 9.17) is 9.63 Å². The molecule has 0 bridgehead atoms. The smallest absolute Gasteiger partial charge is 0.326 e. The molecular formula is C13H16N2O4. The van der Waals surface area contributed by atoms with Gasteiger partial charge in [-0.2, -0.15) is 0 Å². The van der Waals surface area contributed by atoms with Crippen LogP contribution in [0.1, 0.15) is 54.3 Å². The second-order valence-electron chi connectivity index (χ2n) is 5.43. The molecule has 2 fully saturated rings. The molecular weight excluding hydrogens is 248 g/mol. The molecule has 1 aromatic heterocycles. The van der Waals surface area contributed by atoms with E-state index in [0.717, 1.165) is 31.4 Å². The van der Waals surface area contributed by atoms with Crippen LogP contribution in [-0.2, 0) is 4.79 Å². The highest BCUT2D eigenvalue weighted by molar-refractivity contribution is 5.94. The fourth-order valence-electron chi connectivity index (χ4n) is 2.10. The number of aliphatic carboxylic acids is 1. The average molecular weight is 264 g/mol. The first-order valence-corrected chi connectivity index (χ1v) is 6.64. The minimum absolute atomic E-state index is 0.170. The third-order valence-corrected chi connectivity index (χ3v) is 3.61. The van der Waals surface area contributed by atoms with Crippen molar-refractivity contribution in [3.05, 3.63) is 17.5 Å². The number of carboxylic acids is 1. The summed E-state index contributed by atoms with van der Waals surface area (Å²) in [5.74, 6) is 0.0746. The zero-order valence-corrected chi connectivity index (χ0v) is 10.5. The van der Waals surface area contributed by atoms with Crippen LogP contribution in [0.15, 0.2) is 10.6 Å². The topological polar surface area (TPSA) is 92.4 Å². The van der Waals surface area contributed by atoms with Crippen molar-refractivity contribution in [3.8, 4) is 0 Å². The molecule has 6 heteroatoms. The van der Waals surface area contributed by atoms with E-state index < -0.39 is 17.9 Å². The second kappa shape index (κ2) is 4.68. The number of hydrogen-bond acceptors (Lipinski definition) is 4. The molecule has 102 valence electrons. The van der Waals surface area contributed by atoms with Crippen molar-refractivity contribution in [1.82, 2.24) is 10.5 Å². The van der Waals surface area contributed by atoms with Crippen molar-refractivity contribution in [3.63, 3.8) is 0 Å². The van der Waals surface area contributed by atoms with Crippen LogP contribution in [0.25, 0.3) is 0 Å². The molecule has 2 saturated carbocycles. The summed E-state index contributed by atoms with van der Waals surface area (Å²) in [4.78, 5) is 23.0. The van der Waals surface area contributed by atoms with Gasteiger partial charge in [0, 0.05) is 12.0 Å². The monoisotopic (exact) mass is 264 g/mol. The first-order valence-electron chi connectivity index (χ1n) is 6.64. The molecule has 0 saturated heterocycles. The number of rotatable bonds is 6. The number of hydrogen-bond donors (Lipinski definition) is 2. The first-order chi connectivity index (χ1) is 9.13. The molecule has 1 atom stereocenters. The molecule has 1 heterocycles. The van der Waals surface area contributed by atoms with Gasteiger partial charge in [0.25, 0.3) is 5.91 Å². The van der Waals surface area contributed by atoms with E-state index in [1.165, 1.54) is 0 Å². The lowest BCUT2D eigenvalue weighted by Gasteiger charge is -2.12. The molecule has 0 spiro atoms. The Kier molecular flexibility index (Phi) is 3.00. The number of nitrogens with one attached hydrogen (secondary N) is 1. The van der Waals surface area contributed by atoms with Crippen LogP contribution in [0, 0.1) is 5.92 Å². The van der Waals surface area contributed by atoms with Gasteiger partial charge in [-0.25, -0.2) is 4.79 Å². The van der Waals surface area contributed by atoms with E-state index >= 15 is 0 Å². The van der Waals surface area contributed by atoms with Gasteiger partial charge in [0.15, 0.2) is 5.69 Å². The predicted octanol–water partition coefficient (Wildman–Crippen LogP) is 1.54. The van der Waals surface area contributed by atoms with Crippen molar-refractivity contribution in [1.29, 1.82) is 0 Å². The number of carboxylic acid groups (broad SMARTS) is 1. The van der Waals surface area contributed by atoms with Crippen molar-refractivity contribution < 1.29 is 19.2 Å². The molecule has 1 aromatic rings. The van der Waals surface area contributed by atoms with Gasteiger partial charge in [-0.05, 0) is 25.2 Å². The molecule has 6 nitrogen and oxygen atoms in total. The van der Waals surface area contributed by atoms with Crippen LogP contribution in [0.4, 0.5) is 0 Å². The second-order valence-corrected chi connectivity index (χ2v) is 5.43. The lowest BCUT2D eigenvalue weighted by Crippen LogP contribution is -2.41. The fourth-order valence-corrected chi connectivity index (χ4v) is 2.10. The molecule has 0 radical (unpaired) electrons. The summed E-state index contributed by atoms with van der Waals surface area (Å²) in [5.41, 5.74) is 0.170. The number of carbonyl (C=O) groups excluding carboxylic acids is 1. The summed E-state index contributed by atoms with van der Waals surface area (Å²) in [7, 11) is 0. The van der Waals surface area contributed by atoms with Crippen LogP contribution in [-0.4, -0.2) is 28.2 Å². The van der Waals surface area contributed by atoms with Gasteiger partial charge in [0.2, 0.25) is 0 Å². The minimum atomic E-state index is -0.994. The van der Waals surface area contributed by atoms with E-state index in [0.29, 0.717) is 18.3 Å². The average Bonchev–Trinajstić information content (AvgIpc) is 3.29. The molecule has 0 aromatic carbocycles. The molecule has 1 unspecified atom stereocenters. The van der Waals surface area contributed by atoms with E-state index in [-0.39, 0.29) is 5.69 Å². The van der Waals surface area contributed by atoms with E-state index in [1.807, 2.05) is 0 Å². The largest absolute Gasteiger partial charge is 0.480 e. The van der Waals surface area contributed by atoms with Gasteiger partial charge in [-0.15, -0.1) is 0 Å². The van der Waals surface area contributed by atoms with Crippen LogP contribution < -0.4 is 5.32 Å². The van der Waals surface area contributed by atoms with E-state index in [9.17, 15) is 9.59 Å².